The van der Waals surface area contributed by atoms with Crippen LogP contribution in [0.4, 0.5) is 0 Å². The summed E-state index contributed by atoms with van der Waals surface area (Å²) in [5, 5.41) is 10.3. The van der Waals surface area contributed by atoms with Crippen molar-refractivity contribution in [3.8, 4) is 17.2 Å². The zero-order chi connectivity index (χ0) is 15.4. The fraction of sp³-hybridized carbons (Fsp3) is 0.500. The summed E-state index contributed by atoms with van der Waals surface area (Å²) >= 11 is 0. The van der Waals surface area contributed by atoms with Gasteiger partial charge in [0, 0.05) is 17.5 Å². The molecule has 0 aliphatic carbocycles. The largest absolute Gasteiger partial charge is 0.504 e. The van der Waals surface area contributed by atoms with E-state index in [9.17, 15) is 9.90 Å². The van der Waals surface area contributed by atoms with Crippen molar-refractivity contribution in [2.45, 2.75) is 26.3 Å². The molecule has 1 unspecified atom stereocenters. The Kier molecular flexibility index (Phi) is 5.21. The van der Waals surface area contributed by atoms with Gasteiger partial charge in [-0.2, -0.15) is 0 Å². The van der Waals surface area contributed by atoms with Gasteiger partial charge in [-0.3, -0.25) is 4.79 Å². The molecule has 0 saturated carbocycles. The van der Waals surface area contributed by atoms with Crippen molar-refractivity contribution >= 4 is 5.97 Å². The number of rotatable bonds is 5. The fourth-order valence-electron chi connectivity index (χ4n) is 2.27. The third kappa shape index (κ3) is 2.80. The summed E-state index contributed by atoms with van der Waals surface area (Å²) in [6, 6.07) is -0.860. The standard InChI is InChI=1S/C14H21NO5/c1-7-9(6-10(15)14(17)20-5)11(16)13(19-4)8(2)12(7)18-3/h10,16H,6,15H2,1-5H3. The molecule has 0 aliphatic rings. The first-order valence-corrected chi connectivity index (χ1v) is 6.15. The first kappa shape index (κ1) is 16.1. The summed E-state index contributed by atoms with van der Waals surface area (Å²) in [4.78, 5) is 11.4. The molecule has 6 heteroatoms. The number of benzene rings is 1. The molecule has 0 spiro atoms. The van der Waals surface area contributed by atoms with Crippen LogP contribution < -0.4 is 15.2 Å². The molecule has 112 valence electrons. The highest BCUT2D eigenvalue weighted by atomic mass is 16.5. The maximum atomic E-state index is 11.4. The smallest absolute Gasteiger partial charge is 0.322 e. The Morgan fingerprint density at radius 2 is 1.70 bits per heavy atom. The number of carbonyl (C=O) groups excluding carboxylic acids is 1. The third-order valence-electron chi connectivity index (χ3n) is 3.31. The van der Waals surface area contributed by atoms with Gasteiger partial charge in [0.05, 0.1) is 21.3 Å². The Labute approximate surface area is 118 Å². The van der Waals surface area contributed by atoms with E-state index in [2.05, 4.69) is 4.74 Å². The minimum atomic E-state index is -0.860. The summed E-state index contributed by atoms with van der Waals surface area (Å²) in [6.07, 6.45) is 0.136. The number of esters is 1. The highest BCUT2D eigenvalue weighted by Gasteiger charge is 2.24. The number of phenolic OH excluding ortho intramolecular Hbond substituents is 1. The molecule has 1 atom stereocenters. The van der Waals surface area contributed by atoms with Gasteiger partial charge in [-0.15, -0.1) is 0 Å². The second kappa shape index (κ2) is 6.47. The average Bonchev–Trinajstić information content (AvgIpc) is 2.43. The predicted octanol–water partition coefficient (Wildman–Crippen LogP) is 1.07. The molecule has 0 bridgehead atoms. The molecule has 6 nitrogen and oxygen atoms in total. The Morgan fingerprint density at radius 3 is 2.15 bits per heavy atom. The Hall–Kier alpha value is -1.95. The predicted molar refractivity (Wildman–Crippen MR) is 74.4 cm³/mol. The van der Waals surface area contributed by atoms with Crippen molar-refractivity contribution < 1.29 is 24.1 Å². The van der Waals surface area contributed by atoms with Crippen molar-refractivity contribution in [2.24, 2.45) is 5.73 Å². The number of hydrogen-bond donors (Lipinski definition) is 2. The van der Waals surface area contributed by atoms with Gasteiger partial charge in [0.25, 0.3) is 0 Å². The maximum absolute atomic E-state index is 11.4. The van der Waals surface area contributed by atoms with E-state index in [1.807, 2.05) is 0 Å². The monoisotopic (exact) mass is 283 g/mol. The molecular weight excluding hydrogens is 262 g/mol. The van der Waals surface area contributed by atoms with E-state index in [-0.39, 0.29) is 12.2 Å². The van der Waals surface area contributed by atoms with E-state index >= 15 is 0 Å². The van der Waals surface area contributed by atoms with Gasteiger partial charge >= 0.3 is 5.97 Å². The maximum Gasteiger partial charge on any atom is 0.322 e. The van der Waals surface area contributed by atoms with Crippen LogP contribution in [0.3, 0.4) is 0 Å². The zero-order valence-electron chi connectivity index (χ0n) is 12.4. The van der Waals surface area contributed by atoms with Gasteiger partial charge < -0.3 is 25.1 Å². The normalized spacial score (nSPS) is 11.9. The van der Waals surface area contributed by atoms with E-state index in [0.29, 0.717) is 22.6 Å². The molecule has 20 heavy (non-hydrogen) atoms. The number of ether oxygens (including phenoxy) is 3. The second-order valence-corrected chi connectivity index (χ2v) is 4.48. The first-order valence-electron chi connectivity index (χ1n) is 6.15. The number of hydrogen-bond acceptors (Lipinski definition) is 6. The third-order valence-corrected chi connectivity index (χ3v) is 3.31. The van der Waals surface area contributed by atoms with Gasteiger partial charge in [-0.05, 0) is 19.4 Å². The number of methoxy groups -OCH3 is 3. The highest BCUT2D eigenvalue weighted by molar-refractivity contribution is 5.76. The van der Waals surface area contributed by atoms with E-state index < -0.39 is 12.0 Å². The van der Waals surface area contributed by atoms with Crippen molar-refractivity contribution in [1.29, 1.82) is 0 Å². The molecule has 0 aromatic heterocycles. The number of carbonyl (C=O) groups is 1. The summed E-state index contributed by atoms with van der Waals surface area (Å²) in [6.45, 7) is 3.58. The Bertz CT molecular complexity index is 482. The molecular formula is C14H21NO5. The van der Waals surface area contributed by atoms with Crippen molar-refractivity contribution in [2.75, 3.05) is 21.3 Å². The van der Waals surface area contributed by atoms with E-state index in [1.54, 1.807) is 13.8 Å². The van der Waals surface area contributed by atoms with Gasteiger partial charge in [-0.25, -0.2) is 0 Å². The van der Waals surface area contributed by atoms with Crippen molar-refractivity contribution in [1.82, 2.24) is 0 Å². The lowest BCUT2D eigenvalue weighted by atomic mass is 9.96. The summed E-state index contributed by atoms with van der Waals surface area (Å²) in [5.74, 6) is 0.358. The number of phenols is 1. The SMILES string of the molecule is COC(=O)C(N)Cc1c(C)c(OC)c(C)c(OC)c1O. The van der Waals surface area contributed by atoms with Crippen LogP contribution in [0.15, 0.2) is 0 Å². The molecule has 0 heterocycles. The first-order chi connectivity index (χ1) is 9.38. The molecule has 1 aromatic rings. The van der Waals surface area contributed by atoms with Gasteiger partial charge in [-0.1, -0.05) is 0 Å². The van der Waals surface area contributed by atoms with Crippen molar-refractivity contribution in [3.05, 3.63) is 16.7 Å². The van der Waals surface area contributed by atoms with Gasteiger partial charge in [0.1, 0.15) is 11.8 Å². The van der Waals surface area contributed by atoms with E-state index in [0.717, 1.165) is 5.56 Å². The number of nitrogens with two attached hydrogens (primary N) is 1. The van der Waals surface area contributed by atoms with Gasteiger partial charge in [0.15, 0.2) is 11.5 Å². The second-order valence-electron chi connectivity index (χ2n) is 4.48. The summed E-state index contributed by atoms with van der Waals surface area (Å²) < 4.78 is 15.1. The quantitative estimate of drug-likeness (QED) is 0.785. The van der Waals surface area contributed by atoms with Crippen LogP contribution in [-0.2, 0) is 16.0 Å². The van der Waals surface area contributed by atoms with Crippen molar-refractivity contribution in [3.63, 3.8) is 0 Å². The molecule has 0 radical (unpaired) electrons. The minimum Gasteiger partial charge on any atom is -0.504 e. The van der Waals surface area contributed by atoms with Crippen LogP contribution in [0.2, 0.25) is 0 Å². The van der Waals surface area contributed by atoms with Crippen LogP contribution in [-0.4, -0.2) is 38.4 Å². The Balaban J connectivity index is 3.35. The van der Waals surface area contributed by atoms with Crippen LogP contribution in [0.5, 0.6) is 17.2 Å². The lowest BCUT2D eigenvalue weighted by molar-refractivity contribution is -0.142. The fourth-order valence-corrected chi connectivity index (χ4v) is 2.27. The van der Waals surface area contributed by atoms with Crippen LogP contribution in [0, 0.1) is 13.8 Å². The highest BCUT2D eigenvalue weighted by Crippen LogP contribution is 2.43. The van der Waals surface area contributed by atoms with Crippen LogP contribution >= 0.6 is 0 Å². The molecule has 1 aromatic carbocycles. The summed E-state index contributed by atoms with van der Waals surface area (Å²) in [7, 11) is 4.27. The minimum absolute atomic E-state index is 0.0253. The Morgan fingerprint density at radius 1 is 1.15 bits per heavy atom. The zero-order valence-corrected chi connectivity index (χ0v) is 12.4. The lowest BCUT2D eigenvalue weighted by Gasteiger charge is -2.20. The molecule has 0 aliphatic heterocycles. The van der Waals surface area contributed by atoms with Crippen LogP contribution in [0.1, 0.15) is 16.7 Å². The molecule has 1 rings (SSSR count). The average molecular weight is 283 g/mol. The molecule has 0 fully saturated rings. The summed E-state index contributed by atoms with van der Waals surface area (Å²) in [5.41, 5.74) is 7.69. The molecule has 0 amide bonds. The molecule has 3 N–H and O–H groups in total. The van der Waals surface area contributed by atoms with Crippen LogP contribution in [0.25, 0.3) is 0 Å². The molecule has 0 saturated heterocycles. The van der Waals surface area contributed by atoms with E-state index in [4.69, 9.17) is 15.2 Å². The number of aromatic hydroxyl groups is 1. The van der Waals surface area contributed by atoms with E-state index in [1.165, 1.54) is 21.3 Å². The van der Waals surface area contributed by atoms with Gasteiger partial charge in [0.2, 0.25) is 0 Å². The lowest BCUT2D eigenvalue weighted by Crippen LogP contribution is -2.34. The topological polar surface area (TPSA) is 91.0 Å².